The average Bonchev–Trinajstić information content (AvgIpc) is 3.57. The molecule has 218 valence electrons. The summed E-state index contributed by atoms with van der Waals surface area (Å²) in [5, 5.41) is 17.5. The molecule has 0 atom stereocenters. The summed E-state index contributed by atoms with van der Waals surface area (Å²) in [6, 6.07) is 15.1. The van der Waals surface area contributed by atoms with Crippen LogP contribution in [0.3, 0.4) is 0 Å². The van der Waals surface area contributed by atoms with Gasteiger partial charge in [-0.05, 0) is 24.3 Å². The minimum Gasteiger partial charge on any atom is -0.394 e. The molecule has 5 aromatic rings. The number of allylic oxidation sites excluding steroid dienone is 1. The van der Waals surface area contributed by atoms with Crippen LogP contribution >= 0.6 is 0 Å². The van der Waals surface area contributed by atoms with Crippen molar-refractivity contribution in [3.63, 3.8) is 0 Å². The summed E-state index contributed by atoms with van der Waals surface area (Å²) in [7, 11) is 1.62. The van der Waals surface area contributed by atoms with Crippen molar-refractivity contribution in [1.82, 2.24) is 29.1 Å². The Hall–Kier alpha value is -5.80. The van der Waals surface area contributed by atoms with Crippen molar-refractivity contribution in [2.24, 2.45) is 17.8 Å². The van der Waals surface area contributed by atoms with Gasteiger partial charge in [-0.25, -0.2) is 14.7 Å². The Bertz CT molecular complexity index is 1920. The number of aromatic nitrogens is 6. The van der Waals surface area contributed by atoms with E-state index in [2.05, 4.69) is 33.6 Å². The van der Waals surface area contributed by atoms with Gasteiger partial charge in [0.05, 0.1) is 41.5 Å². The molecule has 3 aromatic heterocycles. The van der Waals surface area contributed by atoms with Crippen molar-refractivity contribution in [1.29, 1.82) is 0 Å². The van der Waals surface area contributed by atoms with Gasteiger partial charge in [0.25, 0.3) is 11.5 Å². The minimum absolute atomic E-state index is 0.0162. The highest BCUT2D eigenvalue weighted by Crippen LogP contribution is 2.23. The number of nitrogen functional groups attached to an aromatic ring is 1. The summed E-state index contributed by atoms with van der Waals surface area (Å²) in [6.45, 7) is 5.88. The van der Waals surface area contributed by atoms with Gasteiger partial charge in [0.2, 0.25) is 0 Å². The number of nitrogens with zero attached hydrogens (tertiary/aromatic N) is 7. The highest BCUT2D eigenvalue weighted by atomic mass is 16.3. The van der Waals surface area contributed by atoms with E-state index in [1.807, 2.05) is 55.5 Å². The number of anilines is 1. The van der Waals surface area contributed by atoms with Crippen LogP contribution in [0.15, 0.2) is 83.4 Å². The van der Waals surface area contributed by atoms with E-state index in [1.165, 1.54) is 17.0 Å². The Morgan fingerprint density at radius 2 is 1.93 bits per heavy atom. The largest absolute Gasteiger partial charge is 0.394 e. The Kier molecular flexibility index (Phi) is 9.62. The molecule has 0 aliphatic rings. The number of para-hydroxylation sites is 1. The maximum atomic E-state index is 13.4. The van der Waals surface area contributed by atoms with E-state index < -0.39 is 5.91 Å². The van der Waals surface area contributed by atoms with E-state index in [0.717, 1.165) is 11.3 Å². The molecule has 1 amide bonds. The molecule has 0 saturated carbocycles. The molecule has 0 unspecified atom stereocenters. The number of fused-ring (bicyclic) bond motifs is 1. The lowest BCUT2D eigenvalue weighted by molar-refractivity contribution is 0.100. The zero-order chi connectivity index (χ0) is 30.9. The van der Waals surface area contributed by atoms with Gasteiger partial charge in [-0.2, -0.15) is 10.2 Å². The molecule has 0 fully saturated rings. The number of carbonyl (C=O) groups is 1. The van der Waals surface area contributed by atoms with Crippen LogP contribution in [0.25, 0.3) is 16.6 Å². The Balaban J connectivity index is 0.000000255. The number of nitrogens with two attached hydrogens (primary N) is 2. The van der Waals surface area contributed by atoms with Gasteiger partial charge in [0, 0.05) is 31.4 Å². The second-order valence-corrected chi connectivity index (χ2v) is 9.11. The number of hydrogen-bond donors (Lipinski definition) is 3. The summed E-state index contributed by atoms with van der Waals surface area (Å²) in [4.78, 5) is 33.1. The third-order valence-corrected chi connectivity index (χ3v) is 6.19. The van der Waals surface area contributed by atoms with Gasteiger partial charge in [-0.3, -0.25) is 18.8 Å². The van der Waals surface area contributed by atoms with E-state index in [4.69, 9.17) is 21.6 Å². The fourth-order valence-electron chi connectivity index (χ4n) is 4.30. The summed E-state index contributed by atoms with van der Waals surface area (Å²) in [6.07, 6.45) is 6.96. The van der Waals surface area contributed by atoms with E-state index in [1.54, 1.807) is 28.7 Å². The molecule has 12 nitrogen and oxygen atoms in total. The first-order chi connectivity index (χ1) is 20.8. The van der Waals surface area contributed by atoms with Gasteiger partial charge in [0.1, 0.15) is 11.4 Å². The van der Waals surface area contributed by atoms with Gasteiger partial charge < -0.3 is 16.6 Å². The maximum absolute atomic E-state index is 13.4. The van der Waals surface area contributed by atoms with Gasteiger partial charge in [-0.1, -0.05) is 55.7 Å². The van der Waals surface area contributed by atoms with E-state index >= 15 is 0 Å². The summed E-state index contributed by atoms with van der Waals surface area (Å²) in [5.74, 6) is 6.63. The fraction of sp³-hybridized carbons (Fsp3) is 0.161. The van der Waals surface area contributed by atoms with Crippen LogP contribution in [-0.2, 0) is 20.0 Å². The molecule has 5 rings (SSSR count). The molecule has 0 aliphatic heterocycles. The maximum Gasteiger partial charge on any atom is 0.267 e. The number of aliphatic hydroxyl groups is 1. The van der Waals surface area contributed by atoms with Crippen LogP contribution < -0.4 is 17.0 Å². The lowest BCUT2D eigenvalue weighted by Gasteiger charge is -2.13. The second-order valence-electron chi connectivity index (χ2n) is 9.11. The first kappa shape index (κ1) is 30.2. The molecule has 3 heterocycles. The fourth-order valence-corrected chi connectivity index (χ4v) is 4.30. The molecular weight excluding hydrogens is 546 g/mol. The Labute approximate surface area is 247 Å². The summed E-state index contributed by atoms with van der Waals surface area (Å²) < 4.78 is 4.67. The normalized spacial score (nSPS) is 10.7. The van der Waals surface area contributed by atoms with Crippen molar-refractivity contribution in [2.75, 3.05) is 12.3 Å². The topological polar surface area (TPSA) is 172 Å². The minimum atomic E-state index is -0.646. The van der Waals surface area contributed by atoms with Crippen LogP contribution in [0.2, 0.25) is 0 Å². The highest BCUT2D eigenvalue weighted by molar-refractivity contribution is 6.02. The van der Waals surface area contributed by atoms with Crippen molar-refractivity contribution in [2.45, 2.75) is 19.9 Å². The first-order valence-electron chi connectivity index (χ1n) is 13.3. The van der Waals surface area contributed by atoms with Crippen molar-refractivity contribution < 1.29 is 9.90 Å². The number of primary amides is 1. The molecule has 0 aliphatic carbocycles. The predicted octanol–water partition coefficient (Wildman–Crippen LogP) is 2.53. The quantitative estimate of drug-likeness (QED) is 0.197. The van der Waals surface area contributed by atoms with Crippen molar-refractivity contribution in [3.05, 3.63) is 106 Å². The van der Waals surface area contributed by atoms with E-state index in [-0.39, 0.29) is 23.5 Å². The predicted molar refractivity (Wildman–Crippen MR) is 166 cm³/mol. The smallest absolute Gasteiger partial charge is 0.267 e. The van der Waals surface area contributed by atoms with E-state index in [0.29, 0.717) is 41.1 Å². The first-order valence-corrected chi connectivity index (χ1v) is 13.3. The summed E-state index contributed by atoms with van der Waals surface area (Å²) in [5.41, 5.74) is 13.4. The third-order valence-electron chi connectivity index (χ3n) is 6.19. The second kappa shape index (κ2) is 13.7. The number of aliphatic hydroxyl groups excluding tert-OH is 1. The number of aryl methyl sites for hydroxylation is 2. The molecule has 5 N–H and O–H groups in total. The highest BCUT2D eigenvalue weighted by Gasteiger charge is 2.17. The number of aliphatic imine (C=N–C) groups is 1. The lowest BCUT2D eigenvalue weighted by Crippen LogP contribution is -2.24. The van der Waals surface area contributed by atoms with E-state index in [9.17, 15) is 9.59 Å². The summed E-state index contributed by atoms with van der Waals surface area (Å²) >= 11 is 0. The zero-order valence-corrected chi connectivity index (χ0v) is 23.8. The monoisotopic (exact) mass is 577 g/mol. The van der Waals surface area contributed by atoms with Crippen LogP contribution in [-0.4, -0.2) is 52.9 Å². The molecule has 43 heavy (non-hydrogen) atoms. The number of carbonyl (C=O) groups excluding carboxylic acids is 1. The number of benzene rings is 2. The zero-order valence-electron chi connectivity index (χ0n) is 23.8. The number of amides is 1. The van der Waals surface area contributed by atoms with Crippen molar-refractivity contribution >= 4 is 34.7 Å². The Morgan fingerprint density at radius 1 is 1.16 bits per heavy atom. The SMILES string of the molecule is C=C/C=N\c1c(C(N)=O)c(N)nn1C.CCc1nc2cccc(C#Cc3cnn(CCO)c3)c2c(=O)n1-c1ccccc1. The number of rotatable bonds is 7. The van der Waals surface area contributed by atoms with Crippen LogP contribution in [0.1, 0.15) is 34.2 Å². The molecule has 12 heteroatoms. The number of hydrogen-bond acceptors (Lipinski definition) is 8. The molecule has 0 saturated heterocycles. The van der Waals surface area contributed by atoms with Crippen LogP contribution in [0, 0.1) is 11.8 Å². The molecule has 2 aromatic carbocycles. The standard InChI is InChI=1S/C23H20N4O2.C8H11N5O/c1-2-21-25-20-10-6-7-18(12-11-17-15-24-26(16-17)13-14-28)22(20)23(29)27(21)19-8-4-3-5-9-19;1-3-4-11-8-5(7(10)14)6(9)12-13(8)2/h3-10,15-16,28H,2,13-14H2,1H3;3-4H,1H2,2H3,(H2,9,12)(H2,10,14)/b;11-4-. The van der Waals surface area contributed by atoms with Gasteiger partial charge in [-0.15, -0.1) is 0 Å². The Morgan fingerprint density at radius 3 is 2.60 bits per heavy atom. The lowest BCUT2D eigenvalue weighted by atomic mass is 10.1. The molecule has 0 radical (unpaired) electrons. The average molecular weight is 578 g/mol. The molecule has 0 spiro atoms. The van der Waals surface area contributed by atoms with Crippen LogP contribution in [0.5, 0.6) is 0 Å². The van der Waals surface area contributed by atoms with Gasteiger partial charge >= 0.3 is 0 Å². The van der Waals surface area contributed by atoms with Crippen molar-refractivity contribution in [3.8, 4) is 17.5 Å². The van der Waals surface area contributed by atoms with Gasteiger partial charge in [0.15, 0.2) is 11.6 Å². The molecular formula is C31H31N9O3. The third kappa shape index (κ3) is 6.75. The molecule has 0 bridgehead atoms. The van der Waals surface area contributed by atoms with Crippen LogP contribution in [0.4, 0.5) is 11.6 Å².